The number of aliphatic hydroxyl groups is 1. The van der Waals surface area contributed by atoms with Crippen LogP contribution in [-0.2, 0) is 0 Å². The van der Waals surface area contributed by atoms with Crippen molar-refractivity contribution in [2.24, 2.45) is 5.92 Å². The summed E-state index contributed by atoms with van der Waals surface area (Å²) in [5.41, 5.74) is 0.867. The fraction of sp³-hybridized carbons (Fsp3) is 0.571. The molecule has 1 N–H and O–H groups in total. The summed E-state index contributed by atoms with van der Waals surface area (Å²) in [6.45, 7) is 2.54. The molecule has 17 heavy (non-hydrogen) atoms. The zero-order valence-electron chi connectivity index (χ0n) is 10.2. The van der Waals surface area contributed by atoms with Crippen LogP contribution in [0.5, 0.6) is 5.75 Å². The molecule has 0 aromatic heterocycles. The highest BCUT2D eigenvalue weighted by Crippen LogP contribution is 2.31. The van der Waals surface area contributed by atoms with Gasteiger partial charge in [-0.25, -0.2) is 0 Å². The van der Waals surface area contributed by atoms with Gasteiger partial charge in [-0.3, -0.25) is 0 Å². The summed E-state index contributed by atoms with van der Waals surface area (Å²) in [7, 11) is 0. The SMILES string of the molecule is CC(O)c1ccc(Br)cc1OCC1CCCC1. The van der Waals surface area contributed by atoms with Crippen molar-refractivity contribution in [3.05, 3.63) is 28.2 Å². The molecule has 94 valence electrons. The molecule has 1 atom stereocenters. The normalized spacial score (nSPS) is 18.3. The van der Waals surface area contributed by atoms with Crippen LogP contribution in [0.3, 0.4) is 0 Å². The molecule has 0 amide bonds. The van der Waals surface area contributed by atoms with Gasteiger partial charge in [0, 0.05) is 10.0 Å². The summed E-state index contributed by atoms with van der Waals surface area (Å²) in [4.78, 5) is 0. The van der Waals surface area contributed by atoms with Crippen molar-refractivity contribution in [2.45, 2.75) is 38.7 Å². The maximum Gasteiger partial charge on any atom is 0.126 e. The van der Waals surface area contributed by atoms with Crippen LogP contribution in [0.25, 0.3) is 0 Å². The molecule has 1 fully saturated rings. The van der Waals surface area contributed by atoms with Gasteiger partial charge in [0.15, 0.2) is 0 Å². The zero-order valence-corrected chi connectivity index (χ0v) is 11.7. The molecule has 3 heteroatoms. The first-order valence-electron chi connectivity index (χ1n) is 6.27. The van der Waals surface area contributed by atoms with Gasteiger partial charge in [0.25, 0.3) is 0 Å². The minimum Gasteiger partial charge on any atom is -0.493 e. The summed E-state index contributed by atoms with van der Waals surface area (Å²) in [6.07, 6.45) is 4.73. The number of hydrogen-bond acceptors (Lipinski definition) is 2. The molecule has 0 radical (unpaired) electrons. The molecule has 2 rings (SSSR count). The van der Waals surface area contributed by atoms with Crippen LogP contribution in [0, 0.1) is 5.92 Å². The lowest BCUT2D eigenvalue weighted by atomic mass is 10.1. The van der Waals surface area contributed by atoms with E-state index in [4.69, 9.17) is 4.74 Å². The second-order valence-electron chi connectivity index (χ2n) is 4.82. The summed E-state index contributed by atoms with van der Waals surface area (Å²) in [6, 6.07) is 5.79. The topological polar surface area (TPSA) is 29.5 Å². The van der Waals surface area contributed by atoms with Crippen LogP contribution in [-0.4, -0.2) is 11.7 Å². The highest BCUT2D eigenvalue weighted by Gasteiger charge is 2.17. The average Bonchev–Trinajstić information content (AvgIpc) is 2.78. The van der Waals surface area contributed by atoms with Crippen LogP contribution < -0.4 is 4.74 Å². The van der Waals surface area contributed by atoms with Gasteiger partial charge in [-0.2, -0.15) is 0 Å². The van der Waals surface area contributed by atoms with E-state index in [2.05, 4.69) is 15.9 Å². The number of rotatable bonds is 4. The third-order valence-electron chi connectivity index (χ3n) is 3.37. The van der Waals surface area contributed by atoms with Gasteiger partial charge >= 0.3 is 0 Å². The molecule has 1 aromatic carbocycles. The molecule has 0 bridgehead atoms. The van der Waals surface area contributed by atoms with Crippen molar-refractivity contribution < 1.29 is 9.84 Å². The highest BCUT2D eigenvalue weighted by atomic mass is 79.9. The first kappa shape index (κ1) is 12.9. The molecule has 1 unspecified atom stereocenters. The van der Waals surface area contributed by atoms with E-state index in [-0.39, 0.29) is 0 Å². The summed E-state index contributed by atoms with van der Waals surface area (Å²) >= 11 is 3.44. The Bertz CT molecular complexity index is 370. The quantitative estimate of drug-likeness (QED) is 0.908. The minimum atomic E-state index is -0.485. The summed E-state index contributed by atoms with van der Waals surface area (Å²) in [5.74, 6) is 1.50. The average molecular weight is 299 g/mol. The standard InChI is InChI=1S/C14H19BrO2/c1-10(16)13-7-6-12(15)8-14(13)17-9-11-4-2-3-5-11/h6-8,10-11,16H,2-5,9H2,1H3. The van der Waals surface area contributed by atoms with Crippen molar-refractivity contribution in [1.29, 1.82) is 0 Å². The number of halogens is 1. The predicted octanol–water partition coefficient (Wildman–Crippen LogP) is 4.07. The van der Waals surface area contributed by atoms with Crippen molar-refractivity contribution in [3.63, 3.8) is 0 Å². The lowest BCUT2D eigenvalue weighted by Gasteiger charge is -2.16. The molecule has 1 aliphatic carbocycles. The first-order chi connectivity index (χ1) is 8.16. The van der Waals surface area contributed by atoms with Crippen molar-refractivity contribution in [1.82, 2.24) is 0 Å². The van der Waals surface area contributed by atoms with E-state index in [0.717, 1.165) is 22.4 Å². The lowest BCUT2D eigenvalue weighted by molar-refractivity contribution is 0.186. The van der Waals surface area contributed by atoms with Crippen LogP contribution >= 0.6 is 15.9 Å². The Kier molecular flexibility index (Phi) is 4.46. The van der Waals surface area contributed by atoms with Crippen LogP contribution in [0.15, 0.2) is 22.7 Å². The molecule has 2 nitrogen and oxygen atoms in total. The van der Waals surface area contributed by atoms with Gasteiger partial charge in [-0.15, -0.1) is 0 Å². The molecule has 0 aliphatic heterocycles. The van der Waals surface area contributed by atoms with Gasteiger partial charge in [0.2, 0.25) is 0 Å². The van der Waals surface area contributed by atoms with Crippen LogP contribution in [0.2, 0.25) is 0 Å². The Labute approximate surface area is 111 Å². The molecule has 0 heterocycles. The van der Waals surface area contributed by atoms with Gasteiger partial charge in [0.05, 0.1) is 12.7 Å². The van der Waals surface area contributed by atoms with E-state index in [1.54, 1.807) is 6.92 Å². The second kappa shape index (κ2) is 5.87. The number of aliphatic hydroxyl groups excluding tert-OH is 1. The monoisotopic (exact) mass is 298 g/mol. The zero-order chi connectivity index (χ0) is 12.3. The number of benzene rings is 1. The van der Waals surface area contributed by atoms with E-state index in [9.17, 15) is 5.11 Å². The van der Waals surface area contributed by atoms with Crippen molar-refractivity contribution >= 4 is 15.9 Å². The van der Waals surface area contributed by atoms with E-state index < -0.39 is 6.10 Å². The third-order valence-corrected chi connectivity index (χ3v) is 3.87. The Balaban J connectivity index is 2.04. The predicted molar refractivity (Wildman–Crippen MR) is 72.2 cm³/mol. The smallest absolute Gasteiger partial charge is 0.126 e. The summed E-state index contributed by atoms with van der Waals surface area (Å²) in [5, 5.41) is 9.69. The lowest BCUT2D eigenvalue weighted by Crippen LogP contribution is -2.09. The van der Waals surface area contributed by atoms with E-state index >= 15 is 0 Å². The molecule has 1 aromatic rings. The van der Waals surface area contributed by atoms with Crippen molar-refractivity contribution in [2.75, 3.05) is 6.61 Å². The molecule has 0 spiro atoms. The molecule has 1 aliphatic rings. The third kappa shape index (κ3) is 3.46. The molecular formula is C14H19BrO2. The fourth-order valence-electron chi connectivity index (χ4n) is 2.36. The Morgan fingerprint density at radius 2 is 2.12 bits per heavy atom. The second-order valence-corrected chi connectivity index (χ2v) is 5.74. The number of hydrogen-bond donors (Lipinski definition) is 1. The Hall–Kier alpha value is -0.540. The van der Waals surface area contributed by atoms with Gasteiger partial charge in [0.1, 0.15) is 5.75 Å². The van der Waals surface area contributed by atoms with Gasteiger partial charge in [-0.1, -0.05) is 34.8 Å². The fourth-order valence-corrected chi connectivity index (χ4v) is 2.70. The van der Waals surface area contributed by atoms with Crippen molar-refractivity contribution in [3.8, 4) is 5.75 Å². The van der Waals surface area contributed by atoms with Crippen LogP contribution in [0.4, 0.5) is 0 Å². The number of ether oxygens (including phenoxy) is 1. The first-order valence-corrected chi connectivity index (χ1v) is 7.06. The minimum absolute atomic E-state index is 0.485. The largest absolute Gasteiger partial charge is 0.493 e. The Morgan fingerprint density at radius 1 is 1.41 bits per heavy atom. The highest BCUT2D eigenvalue weighted by molar-refractivity contribution is 9.10. The summed E-state index contributed by atoms with van der Waals surface area (Å²) < 4.78 is 6.86. The Morgan fingerprint density at radius 3 is 2.76 bits per heavy atom. The molecular weight excluding hydrogens is 280 g/mol. The van der Waals surface area contributed by atoms with E-state index in [1.807, 2.05) is 18.2 Å². The maximum absolute atomic E-state index is 9.69. The van der Waals surface area contributed by atoms with Gasteiger partial charge < -0.3 is 9.84 Å². The van der Waals surface area contributed by atoms with E-state index in [0.29, 0.717) is 5.92 Å². The molecule has 0 saturated heterocycles. The maximum atomic E-state index is 9.69. The van der Waals surface area contributed by atoms with Gasteiger partial charge in [-0.05, 0) is 37.8 Å². The van der Waals surface area contributed by atoms with Crippen LogP contribution in [0.1, 0.15) is 44.3 Å². The molecule has 1 saturated carbocycles. The van der Waals surface area contributed by atoms with E-state index in [1.165, 1.54) is 25.7 Å².